The number of fused-ring (bicyclic) bond motifs is 2. The molecule has 5 nitrogen and oxygen atoms in total. The Labute approximate surface area is 241 Å². The summed E-state index contributed by atoms with van der Waals surface area (Å²) in [5, 5.41) is 2.98. The van der Waals surface area contributed by atoms with Crippen LogP contribution in [-0.2, 0) is 9.59 Å². The van der Waals surface area contributed by atoms with E-state index < -0.39 is 0 Å². The van der Waals surface area contributed by atoms with Crippen LogP contribution in [0.3, 0.4) is 0 Å². The van der Waals surface area contributed by atoms with E-state index in [-0.39, 0.29) is 11.9 Å². The zero-order chi connectivity index (χ0) is 27.7. The number of carbonyl (C=O) groups is 2. The Hall–Kier alpha value is -3.26. The Kier molecular flexibility index (Phi) is 8.03. The van der Waals surface area contributed by atoms with Gasteiger partial charge in [-0.15, -0.1) is 11.3 Å². The van der Waals surface area contributed by atoms with Crippen molar-refractivity contribution in [2.24, 2.45) is 0 Å². The minimum Gasteiger partial charge on any atom is -0.427 e. The molecule has 1 aliphatic carbocycles. The van der Waals surface area contributed by atoms with Crippen molar-refractivity contribution < 1.29 is 19.1 Å². The lowest BCUT2D eigenvalue weighted by Crippen LogP contribution is -2.10. The van der Waals surface area contributed by atoms with E-state index in [2.05, 4.69) is 36.1 Å². The maximum Gasteiger partial charge on any atom is 0.308 e. The van der Waals surface area contributed by atoms with Crippen LogP contribution in [0.5, 0.6) is 11.5 Å². The maximum absolute atomic E-state index is 11.3. The first kappa shape index (κ1) is 27.3. The number of halogens is 1. The number of benzene rings is 2. The number of esters is 2. The van der Waals surface area contributed by atoms with E-state index in [1.54, 1.807) is 23.1 Å². The molecule has 0 radical (unpaired) electrons. The van der Waals surface area contributed by atoms with Crippen molar-refractivity contribution in [1.29, 1.82) is 0 Å². The van der Waals surface area contributed by atoms with Gasteiger partial charge in [0.1, 0.15) is 11.5 Å². The van der Waals surface area contributed by atoms with Crippen LogP contribution in [-0.4, -0.2) is 19.0 Å². The first-order valence-electron chi connectivity index (χ1n) is 12.6. The molecule has 2 aliphatic rings. The van der Waals surface area contributed by atoms with E-state index in [4.69, 9.17) is 21.1 Å². The number of hydrogen-bond acceptors (Lipinski definition) is 7. The van der Waals surface area contributed by atoms with Gasteiger partial charge in [-0.3, -0.25) is 9.59 Å². The quantitative estimate of drug-likeness (QED) is 0.223. The molecule has 2 aromatic carbocycles. The summed E-state index contributed by atoms with van der Waals surface area (Å²) in [7, 11) is 2.01. The summed E-state index contributed by atoms with van der Waals surface area (Å²) in [4.78, 5) is 27.0. The summed E-state index contributed by atoms with van der Waals surface area (Å²) in [5.74, 6) is 0.453. The molecule has 2 heterocycles. The highest BCUT2D eigenvalue weighted by molar-refractivity contribution is 8.03. The van der Waals surface area contributed by atoms with Crippen molar-refractivity contribution in [3.63, 3.8) is 0 Å². The number of aryl methyl sites for hydroxylation is 1. The van der Waals surface area contributed by atoms with Crippen molar-refractivity contribution in [3.05, 3.63) is 86.3 Å². The summed E-state index contributed by atoms with van der Waals surface area (Å²) in [6.07, 6.45) is 11.4. The van der Waals surface area contributed by atoms with E-state index in [1.165, 1.54) is 13.8 Å². The first-order chi connectivity index (χ1) is 18.7. The molecule has 0 amide bonds. The third kappa shape index (κ3) is 6.01. The van der Waals surface area contributed by atoms with Crippen LogP contribution in [0.1, 0.15) is 43.6 Å². The number of carbonyl (C=O) groups excluding carboxylic acids is 2. The molecule has 1 aromatic heterocycles. The van der Waals surface area contributed by atoms with E-state index >= 15 is 0 Å². The SMILES string of the molecule is CC(=O)Oc1ccc2c(c1)N(C)/C(=C/C=C1CCCC(/C=C/c3sc4ccc(OC(C)=O)cc4c3C)=C1Cl)S2. The highest BCUT2D eigenvalue weighted by Crippen LogP contribution is 2.47. The monoisotopic (exact) mass is 577 g/mol. The van der Waals surface area contributed by atoms with Gasteiger partial charge in [-0.2, -0.15) is 0 Å². The number of nitrogens with zero attached hydrogens (tertiary/aromatic N) is 1. The van der Waals surface area contributed by atoms with Crippen molar-refractivity contribution in [1.82, 2.24) is 0 Å². The Balaban J connectivity index is 1.36. The summed E-state index contributed by atoms with van der Waals surface area (Å²) in [5.41, 5.74) is 4.42. The molecular formula is C31H28ClNO4S2. The lowest BCUT2D eigenvalue weighted by Gasteiger charge is -2.17. The Morgan fingerprint density at radius 1 is 0.974 bits per heavy atom. The molecule has 0 bridgehead atoms. The molecule has 1 aliphatic heterocycles. The third-order valence-corrected chi connectivity index (χ3v) is 9.53. The van der Waals surface area contributed by atoms with Crippen LogP contribution in [0.25, 0.3) is 16.2 Å². The normalized spacial score (nSPS) is 17.5. The molecule has 0 spiro atoms. The second kappa shape index (κ2) is 11.5. The molecule has 0 N–H and O–H groups in total. The zero-order valence-corrected chi connectivity index (χ0v) is 24.6. The van der Waals surface area contributed by atoms with Gasteiger partial charge in [0, 0.05) is 46.5 Å². The van der Waals surface area contributed by atoms with Gasteiger partial charge in [-0.25, -0.2) is 0 Å². The average molecular weight is 578 g/mol. The molecule has 200 valence electrons. The number of hydrogen-bond donors (Lipinski definition) is 0. The van der Waals surface area contributed by atoms with Crippen LogP contribution in [0.2, 0.25) is 0 Å². The number of allylic oxidation sites excluding steroid dienone is 6. The molecule has 3 aromatic rings. The number of ether oxygens (including phenoxy) is 2. The first-order valence-corrected chi connectivity index (χ1v) is 14.6. The van der Waals surface area contributed by atoms with Gasteiger partial charge in [0.2, 0.25) is 0 Å². The predicted octanol–water partition coefficient (Wildman–Crippen LogP) is 8.76. The molecule has 0 saturated heterocycles. The number of thiophene rings is 1. The number of anilines is 1. The van der Waals surface area contributed by atoms with Crippen molar-refractivity contribution in [2.45, 2.75) is 44.9 Å². The number of thioether (sulfide) groups is 1. The van der Waals surface area contributed by atoms with E-state index in [1.807, 2.05) is 43.4 Å². The van der Waals surface area contributed by atoms with Crippen molar-refractivity contribution in [2.75, 3.05) is 11.9 Å². The van der Waals surface area contributed by atoms with E-state index in [0.717, 1.165) is 71.6 Å². The fourth-order valence-corrected chi connectivity index (χ4v) is 7.13. The topological polar surface area (TPSA) is 55.8 Å². The van der Waals surface area contributed by atoms with Gasteiger partial charge >= 0.3 is 11.9 Å². The molecule has 5 rings (SSSR count). The third-order valence-electron chi connectivity index (χ3n) is 6.62. The lowest BCUT2D eigenvalue weighted by molar-refractivity contribution is -0.132. The Morgan fingerprint density at radius 2 is 1.69 bits per heavy atom. The molecule has 0 atom stereocenters. The fraction of sp³-hybridized carbons (Fsp3) is 0.226. The van der Waals surface area contributed by atoms with Gasteiger partial charge in [-0.1, -0.05) is 35.5 Å². The van der Waals surface area contributed by atoms with Crippen molar-refractivity contribution >= 4 is 68.5 Å². The van der Waals surface area contributed by atoms with Crippen LogP contribution in [0.4, 0.5) is 5.69 Å². The summed E-state index contributed by atoms with van der Waals surface area (Å²) in [6, 6.07) is 11.4. The predicted molar refractivity (Wildman–Crippen MR) is 162 cm³/mol. The van der Waals surface area contributed by atoms with Crippen LogP contribution < -0.4 is 14.4 Å². The molecule has 0 unspecified atom stereocenters. The zero-order valence-electron chi connectivity index (χ0n) is 22.2. The Bertz CT molecular complexity index is 1610. The van der Waals surface area contributed by atoms with Crippen LogP contribution in [0.15, 0.2) is 80.7 Å². The minimum atomic E-state index is -0.330. The minimum absolute atomic E-state index is 0.322. The van der Waals surface area contributed by atoms with Gasteiger partial charge < -0.3 is 14.4 Å². The second-order valence-electron chi connectivity index (χ2n) is 9.45. The van der Waals surface area contributed by atoms with E-state index in [0.29, 0.717) is 11.5 Å². The summed E-state index contributed by atoms with van der Waals surface area (Å²) in [6.45, 7) is 4.90. The standard InChI is InChI=1S/C31H28ClNO4S2/c1-18-25-16-23(36-19(2)34)10-13-28(25)38-27(18)12-8-21-6-5-7-22(31(21)32)9-15-30-33(4)26-17-24(37-20(3)35)11-14-29(26)39-30/h8-17H,5-7H2,1-4H3/b12-8+,22-9?,30-15-. The lowest BCUT2D eigenvalue weighted by atomic mass is 9.94. The fourth-order valence-electron chi connectivity index (χ4n) is 4.68. The summed E-state index contributed by atoms with van der Waals surface area (Å²) < 4.78 is 11.7. The maximum atomic E-state index is 11.3. The number of rotatable bonds is 5. The van der Waals surface area contributed by atoms with Crippen LogP contribution >= 0.6 is 34.7 Å². The highest BCUT2D eigenvalue weighted by Gasteiger charge is 2.23. The molecule has 0 fully saturated rings. The highest BCUT2D eigenvalue weighted by atomic mass is 35.5. The van der Waals surface area contributed by atoms with Crippen LogP contribution in [0, 0.1) is 6.92 Å². The van der Waals surface area contributed by atoms with E-state index in [9.17, 15) is 9.59 Å². The Morgan fingerprint density at radius 3 is 2.44 bits per heavy atom. The summed E-state index contributed by atoms with van der Waals surface area (Å²) >= 11 is 10.3. The van der Waals surface area contributed by atoms with Gasteiger partial charge in [-0.05, 0) is 90.8 Å². The molecule has 0 saturated carbocycles. The van der Waals surface area contributed by atoms with Crippen molar-refractivity contribution in [3.8, 4) is 11.5 Å². The smallest absolute Gasteiger partial charge is 0.308 e. The van der Waals surface area contributed by atoms with Gasteiger partial charge in [0.05, 0.1) is 10.7 Å². The largest absolute Gasteiger partial charge is 0.427 e. The second-order valence-corrected chi connectivity index (χ2v) is 12.0. The molecular weight excluding hydrogens is 550 g/mol. The van der Waals surface area contributed by atoms with Gasteiger partial charge in [0.25, 0.3) is 0 Å². The van der Waals surface area contributed by atoms with Gasteiger partial charge in [0.15, 0.2) is 0 Å². The molecule has 8 heteroatoms. The molecule has 39 heavy (non-hydrogen) atoms. The average Bonchev–Trinajstić information content (AvgIpc) is 3.37.